The van der Waals surface area contributed by atoms with Gasteiger partial charge in [-0.1, -0.05) is 25.6 Å². The lowest BCUT2D eigenvalue weighted by Crippen LogP contribution is -2.15. The van der Waals surface area contributed by atoms with Crippen LogP contribution in [0.3, 0.4) is 0 Å². The van der Waals surface area contributed by atoms with Gasteiger partial charge in [0.1, 0.15) is 0 Å². The van der Waals surface area contributed by atoms with Crippen LogP contribution in [0.25, 0.3) is 5.78 Å². The van der Waals surface area contributed by atoms with Gasteiger partial charge in [-0.3, -0.25) is 4.79 Å². The van der Waals surface area contributed by atoms with E-state index < -0.39 is 0 Å². The summed E-state index contributed by atoms with van der Waals surface area (Å²) in [6.45, 7) is 11.8. The molecule has 0 radical (unpaired) electrons. The first-order chi connectivity index (χ1) is 15.4. The second kappa shape index (κ2) is 11.4. The van der Waals surface area contributed by atoms with Crippen LogP contribution in [0.15, 0.2) is 28.3 Å². The lowest BCUT2D eigenvalue weighted by atomic mass is 10.2. The van der Waals surface area contributed by atoms with Crippen LogP contribution in [0.4, 0.5) is 17.6 Å². The quantitative estimate of drug-likeness (QED) is 0.350. The normalized spacial score (nSPS) is 12.0. The number of nitrogens with zero attached hydrogens (tertiary/aromatic N) is 5. The van der Waals surface area contributed by atoms with E-state index in [0.717, 1.165) is 17.7 Å². The third kappa shape index (κ3) is 6.04. The zero-order chi connectivity index (χ0) is 23.1. The van der Waals surface area contributed by atoms with Crippen LogP contribution >= 0.6 is 23.5 Å². The fourth-order valence-electron chi connectivity index (χ4n) is 2.88. The molecular formula is C21H30N8OS2. The van der Waals surface area contributed by atoms with Crippen molar-refractivity contribution in [2.75, 3.05) is 34.8 Å². The van der Waals surface area contributed by atoms with E-state index in [1.54, 1.807) is 4.40 Å². The van der Waals surface area contributed by atoms with E-state index in [-0.39, 0.29) is 11.7 Å². The van der Waals surface area contributed by atoms with E-state index in [0.29, 0.717) is 41.2 Å². The van der Waals surface area contributed by atoms with E-state index in [9.17, 15) is 4.79 Å². The molecule has 11 heteroatoms. The number of nitrogens with one attached hydrogen (secondary N) is 3. The maximum Gasteiger partial charge on any atom is 0.261 e. The summed E-state index contributed by atoms with van der Waals surface area (Å²) in [5.74, 6) is 1.60. The van der Waals surface area contributed by atoms with E-state index in [2.05, 4.69) is 62.1 Å². The topological polar surface area (TPSA) is 109 Å². The van der Waals surface area contributed by atoms with Gasteiger partial charge in [0, 0.05) is 28.9 Å². The SMILES string of the molecule is CCNc1nc(NCC)n2c(SCC(=O)Nc3ccc(SC(C)CC)cc3C)nnc2n1. The number of hydrogen-bond donors (Lipinski definition) is 3. The number of aromatic nitrogens is 5. The average Bonchev–Trinajstić information content (AvgIpc) is 3.18. The first kappa shape index (κ1) is 24.1. The first-order valence-corrected chi connectivity index (χ1v) is 12.6. The van der Waals surface area contributed by atoms with Crippen LogP contribution in [-0.4, -0.2) is 54.6 Å². The fraction of sp³-hybridized carbons (Fsp3) is 0.476. The predicted octanol–water partition coefficient (Wildman–Crippen LogP) is 4.31. The molecule has 172 valence electrons. The van der Waals surface area contributed by atoms with E-state index in [1.165, 1.54) is 16.7 Å². The molecule has 0 aliphatic heterocycles. The molecule has 3 rings (SSSR count). The second-order valence-electron chi connectivity index (χ2n) is 7.20. The van der Waals surface area contributed by atoms with Crippen molar-refractivity contribution in [3.05, 3.63) is 23.8 Å². The Kier molecular flexibility index (Phi) is 8.57. The average molecular weight is 475 g/mol. The van der Waals surface area contributed by atoms with Crippen LogP contribution in [0.2, 0.25) is 0 Å². The van der Waals surface area contributed by atoms with Crippen molar-refractivity contribution in [3.8, 4) is 0 Å². The molecule has 0 bridgehead atoms. The van der Waals surface area contributed by atoms with Crippen LogP contribution in [0, 0.1) is 6.92 Å². The highest BCUT2D eigenvalue weighted by Gasteiger charge is 2.16. The van der Waals surface area contributed by atoms with E-state index in [4.69, 9.17) is 0 Å². The lowest BCUT2D eigenvalue weighted by molar-refractivity contribution is -0.113. The minimum Gasteiger partial charge on any atom is -0.355 e. The third-order valence-electron chi connectivity index (χ3n) is 4.63. The standard InChI is InChI=1S/C21H30N8OS2/c1-6-14(5)32-15-9-10-16(13(4)11-15)24-17(30)12-31-21-28-27-20-26-18(22-7-2)25-19(23-8-3)29(20)21/h9-11,14H,6-8,12H2,1-5H3,(H,24,30)(H2,22,23,25,26,27). The number of thioether (sulfide) groups is 2. The number of rotatable bonds is 11. The molecule has 0 aliphatic carbocycles. The summed E-state index contributed by atoms with van der Waals surface area (Å²) in [6.07, 6.45) is 1.12. The highest BCUT2D eigenvalue weighted by atomic mass is 32.2. The molecule has 3 aromatic rings. The van der Waals surface area contributed by atoms with Crippen LogP contribution in [-0.2, 0) is 4.79 Å². The lowest BCUT2D eigenvalue weighted by Gasteiger charge is -2.12. The number of carbonyl (C=O) groups is 1. The molecule has 2 heterocycles. The molecule has 1 unspecified atom stereocenters. The summed E-state index contributed by atoms with van der Waals surface area (Å²) < 4.78 is 1.73. The van der Waals surface area contributed by atoms with E-state index in [1.807, 2.05) is 38.6 Å². The zero-order valence-corrected chi connectivity index (χ0v) is 20.7. The minimum atomic E-state index is -0.104. The van der Waals surface area contributed by atoms with Gasteiger partial charge >= 0.3 is 0 Å². The molecule has 3 N–H and O–H groups in total. The first-order valence-electron chi connectivity index (χ1n) is 10.8. The molecular weight excluding hydrogens is 444 g/mol. The van der Waals surface area contributed by atoms with Crippen molar-refractivity contribution in [3.63, 3.8) is 0 Å². The number of amides is 1. The maximum atomic E-state index is 12.6. The van der Waals surface area contributed by atoms with Gasteiger partial charge in [0.15, 0.2) is 5.16 Å². The summed E-state index contributed by atoms with van der Waals surface area (Å²) in [4.78, 5) is 22.7. The summed E-state index contributed by atoms with van der Waals surface area (Å²) in [6, 6.07) is 6.14. The van der Waals surface area contributed by atoms with Crippen molar-refractivity contribution < 1.29 is 4.79 Å². The molecule has 0 saturated carbocycles. The summed E-state index contributed by atoms with van der Waals surface area (Å²) in [7, 11) is 0. The Labute approximate surface area is 197 Å². The maximum absolute atomic E-state index is 12.6. The van der Waals surface area contributed by atoms with E-state index >= 15 is 0 Å². The van der Waals surface area contributed by atoms with Crippen molar-refractivity contribution in [1.82, 2.24) is 24.6 Å². The molecule has 32 heavy (non-hydrogen) atoms. The Morgan fingerprint density at radius 3 is 2.59 bits per heavy atom. The third-order valence-corrected chi connectivity index (χ3v) is 6.82. The fourth-order valence-corrected chi connectivity index (χ4v) is 4.63. The Morgan fingerprint density at radius 1 is 1.12 bits per heavy atom. The van der Waals surface area contributed by atoms with Crippen molar-refractivity contribution in [2.45, 2.75) is 56.3 Å². The summed E-state index contributed by atoms with van der Waals surface area (Å²) >= 11 is 3.14. The van der Waals surface area contributed by atoms with Crippen molar-refractivity contribution in [2.24, 2.45) is 0 Å². The predicted molar refractivity (Wildman–Crippen MR) is 133 cm³/mol. The van der Waals surface area contributed by atoms with Gasteiger partial charge in [0.05, 0.1) is 5.75 Å². The van der Waals surface area contributed by atoms with Gasteiger partial charge in [-0.25, -0.2) is 4.40 Å². The van der Waals surface area contributed by atoms with Gasteiger partial charge in [0.2, 0.25) is 17.8 Å². The summed E-state index contributed by atoms with van der Waals surface area (Å²) in [5.41, 5.74) is 1.87. The highest BCUT2D eigenvalue weighted by molar-refractivity contribution is 8.00. The molecule has 0 spiro atoms. The number of hydrogen-bond acceptors (Lipinski definition) is 9. The number of aryl methyl sites for hydroxylation is 1. The number of benzene rings is 1. The smallest absolute Gasteiger partial charge is 0.261 e. The molecule has 2 aromatic heterocycles. The molecule has 9 nitrogen and oxygen atoms in total. The Hall–Kier alpha value is -2.53. The van der Waals surface area contributed by atoms with Crippen LogP contribution < -0.4 is 16.0 Å². The Morgan fingerprint density at radius 2 is 1.91 bits per heavy atom. The minimum absolute atomic E-state index is 0.104. The van der Waals surface area contributed by atoms with Gasteiger partial charge in [-0.2, -0.15) is 9.97 Å². The number of carbonyl (C=O) groups excluding carboxylic acids is 1. The zero-order valence-electron chi connectivity index (χ0n) is 19.1. The molecule has 0 fully saturated rings. The monoisotopic (exact) mass is 474 g/mol. The van der Waals surface area contributed by atoms with Gasteiger partial charge in [-0.15, -0.1) is 22.0 Å². The Bertz CT molecular complexity index is 1070. The highest BCUT2D eigenvalue weighted by Crippen LogP contribution is 2.29. The van der Waals surface area contributed by atoms with Gasteiger partial charge in [0.25, 0.3) is 5.78 Å². The second-order valence-corrected chi connectivity index (χ2v) is 9.65. The number of fused-ring (bicyclic) bond motifs is 1. The van der Waals surface area contributed by atoms with Gasteiger partial charge in [-0.05, 0) is 51.0 Å². The number of anilines is 3. The summed E-state index contributed by atoms with van der Waals surface area (Å²) in [5, 5.41) is 18.8. The van der Waals surface area contributed by atoms with Gasteiger partial charge < -0.3 is 16.0 Å². The molecule has 1 aromatic carbocycles. The molecule has 1 atom stereocenters. The molecule has 0 saturated heterocycles. The van der Waals surface area contributed by atoms with Crippen molar-refractivity contribution in [1.29, 1.82) is 0 Å². The largest absolute Gasteiger partial charge is 0.355 e. The Balaban J connectivity index is 1.68. The van der Waals surface area contributed by atoms with Crippen LogP contribution in [0.5, 0.6) is 0 Å². The molecule has 0 aliphatic rings. The molecule has 1 amide bonds. The van der Waals surface area contributed by atoms with Crippen molar-refractivity contribution >= 4 is 52.8 Å². The van der Waals surface area contributed by atoms with Crippen LogP contribution in [0.1, 0.15) is 39.7 Å².